The van der Waals surface area contributed by atoms with E-state index < -0.39 is 0 Å². The second kappa shape index (κ2) is 16.0. The van der Waals surface area contributed by atoms with Gasteiger partial charge in [0.2, 0.25) is 0 Å². The summed E-state index contributed by atoms with van der Waals surface area (Å²) in [6, 6.07) is 3.40. The van der Waals surface area contributed by atoms with Crippen molar-refractivity contribution in [2.75, 3.05) is 64.6 Å². The van der Waals surface area contributed by atoms with Crippen LogP contribution in [-0.4, -0.2) is 94.1 Å². The number of hydrogen-bond acceptors (Lipinski definition) is 8. The van der Waals surface area contributed by atoms with E-state index in [1.807, 2.05) is 18.9 Å². The minimum atomic E-state index is -0.242. The first-order valence-electron chi connectivity index (χ1n) is 13.0. The lowest BCUT2D eigenvalue weighted by molar-refractivity contribution is -0.125. The van der Waals surface area contributed by atoms with Gasteiger partial charge in [0.05, 0.1) is 29.1 Å². The van der Waals surface area contributed by atoms with Gasteiger partial charge in [-0.3, -0.25) is 14.6 Å². The molecule has 214 valence electrons. The lowest BCUT2D eigenvalue weighted by Crippen LogP contribution is -2.39. The summed E-state index contributed by atoms with van der Waals surface area (Å²) in [4.78, 5) is 47.2. The summed E-state index contributed by atoms with van der Waals surface area (Å²) in [5.74, 6) is -0.358. The zero-order chi connectivity index (χ0) is 28.9. The van der Waals surface area contributed by atoms with E-state index in [-0.39, 0.29) is 23.4 Å². The van der Waals surface area contributed by atoms with Crippen LogP contribution in [0.5, 0.6) is 0 Å². The van der Waals surface area contributed by atoms with Gasteiger partial charge in [-0.2, -0.15) is 0 Å². The molecule has 39 heavy (non-hydrogen) atoms. The summed E-state index contributed by atoms with van der Waals surface area (Å²) in [7, 11) is 5.37. The zero-order valence-corrected chi connectivity index (χ0v) is 25.0. The highest BCUT2D eigenvalue weighted by molar-refractivity contribution is 9.10. The predicted molar refractivity (Wildman–Crippen MR) is 160 cm³/mol. The fraction of sp³-hybridized carbons (Fsp3) is 0.500. The van der Waals surface area contributed by atoms with Gasteiger partial charge in [-0.05, 0) is 38.3 Å². The highest BCUT2D eigenvalue weighted by Crippen LogP contribution is 2.34. The van der Waals surface area contributed by atoms with Crippen LogP contribution in [0.2, 0.25) is 0 Å². The second-order valence-corrected chi connectivity index (χ2v) is 10.5. The van der Waals surface area contributed by atoms with Gasteiger partial charge in [0.1, 0.15) is 6.29 Å². The van der Waals surface area contributed by atoms with Crippen molar-refractivity contribution in [3.8, 4) is 0 Å². The van der Waals surface area contributed by atoms with Gasteiger partial charge >= 0.3 is 0 Å². The number of nitrogens with one attached hydrogen (secondary N) is 1. The highest BCUT2D eigenvalue weighted by Gasteiger charge is 2.27. The molecule has 1 aliphatic heterocycles. The number of rotatable bonds is 13. The van der Waals surface area contributed by atoms with E-state index >= 15 is 0 Å². The van der Waals surface area contributed by atoms with Crippen molar-refractivity contribution in [2.45, 2.75) is 38.6 Å². The summed E-state index contributed by atoms with van der Waals surface area (Å²) < 4.78 is 6.23. The molecule has 0 spiro atoms. The summed E-state index contributed by atoms with van der Waals surface area (Å²) in [5, 5.41) is 2.96. The van der Waals surface area contributed by atoms with E-state index in [2.05, 4.69) is 32.8 Å². The first kappa shape index (κ1) is 32.0. The van der Waals surface area contributed by atoms with Crippen molar-refractivity contribution < 1.29 is 19.1 Å². The van der Waals surface area contributed by atoms with Crippen LogP contribution in [0, 0.1) is 0 Å². The van der Waals surface area contributed by atoms with Crippen LogP contribution in [-0.2, 0) is 14.3 Å². The van der Waals surface area contributed by atoms with Crippen molar-refractivity contribution >= 4 is 51.6 Å². The summed E-state index contributed by atoms with van der Waals surface area (Å²) in [5.41, 5.74) is 9.15. The molecule has 1 aromatic rings. The number of aldehydes is 1. The van der Waals surface area contributed by atoms with Crippen molar-refractivity contribution in [3.05, 3.63) is 46.2 Å². The molecule has 1 heterocycles. The van der Waals surface area contributed by atoms with Gasteiger partial charge in [0.15, 0.2) is 0 Å². The molecule has 1 fully saturated rings. The number of carbonyl (C=O) groups excluding carboxylic acids is 3. The third kappa shape index (κ3) is 9.50. The lowest BCUT2D eigenvalue weighted by Gasteiger charge is -2.34. The Morgan fingerprint density at radius 3 is 2.72 bits per heavy atom. The molecule has 3 N–H and O–H groups in total. The largest absolute Gasteiger partial charge is 0.397 e. The molecule has 2 rings (SSSR count). The molecule has 0 saturated carbocycles. The van der Waals surface area contributed by atoms with Crippen molar-refractivity contribution in [1.29, 1.82) is 0 Å². The Morgan fingerprint density at radius 1 is 1.28 bits per heavy atom. The minimum absolute atomic E-state index is 0.116. The number of carbonyl (C=O) groups is 3. The van der Waals surface area contributed by atoms with Crippen molar-refractivity contribution in [1.82, 2.24) is 15.1 Å². The van der Waals surface area contributed by atoms with Crippen LogP contribution in [0.1, 0.15) is 43.0 Å². The number of allylic oxidation sites excluding steroid dienone is 1. The maximum Gasteiger partial charge on any atom is 0.256 e. The number of nitrogens with two attached hydrogens (primary N) is 1. The number of hydrogen-bond donors (Lipinski definition) is 2. The molecule has 2 amide bonds. The third-order valence-electron chi connectivity index (χ3n) is 6.67. The van der Waals surface area contributed by atoms with E-state index in [0.717, 1.165) is 18.4 Å². The Bertz CT molecular complexity index is 1080. The first-order chi connectivity index (χ1) is 18.6. The minimum Gasteiger partial charge on any atom is -0.397 e. The van der Waals surface area contributed by atoms with Gasteiger partial charge in [-0.1, -0.05) is 22.5 Å². The summed E-state index contributed by atoms with van der Waals surface area (Å²) >= 11 is 3.48. The number of likely N-dealkylation sites (N-methyl/N-ethyl adjacent to an activating group) is 1. The van der Waals surface area contributed by atoms with Gasteiger partial charge in [-0.15, -0.1) is 0 Å². The van der Waals surface area contributed by atoms with Crippen LogP contribution in [0.25, 0.3) is 0 Å². The number of amides is 2. The van der Waals surface area contributed by atoms with Crippen LogP contribution in [0.4, 0.5) is 11.4 Å². The highest BCUT2D eigenvalue weighted by atomic mass is 79.9. The van der Waals surface area contributed by atoms with Gasteiger partial charge in [0.25, 0.3) is 11.8 Å². The third-order valence-corrected chi connectivity index (χ3v) is 7.13. The Kier molecular flexibility index (Phi) is 13.2. The number of benzene rings is 1. The van der Waals surface area contributed by atoms with E-state index in [0.29, 0.717) is 73.5 Å². The lowest BCUT2D eigenvalue weighted by atomic mass is 10.0. The molecule has 0 bridgehead atoms. The maximum atomic E-state index is 13.6. The topological polar surface area (TPSA) is 121 Å². The number of anilines is 2. The first-order valence-corrected chi connectivity index (χ1v) is 13.8. The Labute approximate surface area is 240 Å². The van der Waals surface area contributed by atoms with Crippen LogP contribution < -0.4 is 16.0 Å². The quantitative estimate of drug-likeness (QED) is 0.153. The van der Waals surface area contributed by atoms with Crippen molar-refractivity contribution in [2.24, 2.45) is 4.99 Å². The van der Waals surface area contributed by atoms with Gasteiger partial charge < -0.3 is 35.3 Å². The Balaban J connectivity index is 2.25. The zero-order valence-electron chi connectivity index (χ0n) is 23.4. The SMILES string of the molecule is C=C(/C=N\C=C(/C)NC)C(=O)N(C)CCC(CCC=O)N(C)c1c(N)cc(Br)cc1C(=O)N1CCCOCC1. The smallest absolute Gasteiger partial charge is 0.256 e. The standard InChI is InChI=1S/C28H41BrN6O4/c1-20(18-32-19-21(2)31-3)27(37)33(4)11-9-23(8-6-13-36)34(5)26-24(16-22(29)17-25(26)30)28(38)35-10-7-14-39-15-12-35/h13,16-19,23,31H,1,6-12,14-15,30H2,2-5H3/b21-19+,32-18-. The van der Waals surface area contributed by atoms with Gasteiger partial charge in [-0.25, -0.2) is 0 Å². The normalized spacial score (nSPS) is 15.0. The van der Waals surface area contributed by atoms with Crippen LogP contribution in [0.3, 0.4) is 0 Å². The van der Waals surface area contributed by atoms with E-state index in [4.69, 9.17) is 10.5 Å². The van der Waals surface area contributed by atoms with Crippen LogP contribution in [0.15, 0.2) is 45.6 Å². The average molecular weight is 606 g/mol. The number of halogens is 1. The van der Waals surface area contributed by atoms with Crippen molar-refractivity contribution in [3.63, 3.8) is 0 Å². The number of nitrogen functional groups attached to an aromatic ring is 1. The fourth-order valence-electron chi connectivity index (χ4n) is 4.32. The predicted octanol–water partition coefficient (Wildman–Crippen LogP) is 3.23. The molecular formula is C28H41BrN6O4. The van der Waals surface area contributed by atoms with E-state index in [1.165, 1.54) is 6.21 Å². The molecule has 0 aliphatic carbocycles. The number of ether oxygens (including phenoxy) is 1. The Morgan fingerprint density at radius 2 is 2.03 bits per heavy atom. The van der Waals surface area contributed by atoms with Gasteiger partial charge in [0, 0.05) is 82.4 Å². The molecule has 1 saturated heterocycles. The molecule has 1 unspecified atom stereocenters. The van der Waals surface area contributed by atoms with E-state index in [9.17, 15) is 14.4 Å². The molecule has 1 aromatic carbocycles. The van der Waals surface area contributed by atoms with Crippen LogP contribution >= 0.6 is 15.9 Å². The summed E-state index contributed by atoms with van der Waals surface area (Å²) in [6.07, 6.45) is 6.13. The monoisotopic (exact) mass is 604 g/mol. The molecule has 1 aliphatic rings. The number of aliphatic imine (C=N–C) groups is 1. The average Bonchev–Trinajstić information content (AvgIpc) is 3.20. The van der Waals surface area contributed by atoms with E-state index in [1.54, 1.807) is 42.2 Å². The Hall–Kier alpha value is -3.18. The molecular weight excluding hydrogens is 564 g/mol. The summed E-state index contributed by atoms with van der Waals surface area (Å²) in [6.45, 7) is 8.34. The molecule has 0 radical (unpaired) electrons. The molecule has 10 nitrogen and oxygen atoms in total. The number of nitrogens with zero attached hydrogens (tertiary/aromatic N) is 4. The fourth-order valence-corrected chi connectivity index (χ4v) is 4.79. The second-order valence-electron chi connectivity index (χ2n) is 9.54. The molecule has 0 aromatic heterocycles. The molecule has 1 atom stereocenters. The molecule has 11 heteroatoms. The maximum absolute atomic E-state index is 13.6.